The van der Waals surface area contributed by atoms with Crippen molar-refractivity contribution in [2.75, 3.05) is 24.3 Å². The fraction of sp³-hybridized carbons (Fsp3) is 0.200. The quantitative estimate of drug-likeness (QED) is 0.542. The summed E-state index contributed by atoms with van der Waals surface area (Å²) in [6, 6.07) is 13.7. The molecule has 3 aromatic rings. The van der Waals surface area contributed by atoms with E-state index in [2.05, 4.69) is 20.6 Å². The predicted molar refractivity (Wildman–Crippen MR) is 103 cm³/mol. The minimum Gasteiger partial charge on any atom is -0.495 e. The maximum absolute atomic E-state index is 13.1. The molecule has 2 aromatic carbocycles. The largest absolute Gasteiger partial charge is 0.495 e. The zero-order chi connectivity index (χ0) is 20.9. The molecule has 0 aliphatic carbocycles. The summed E-state index contributed by atoms with van der Waals surface area (Å²) in [5.41, 5.74) is -0.407. The van der Waals surface area contributed by atoms with Gasteiger partial charge >= 0.3 is 6.18 Å². The summed E-state index contributed by atoms with van der Waals surface area (Å²) in [5, 5.41) is 16.1. The predicted octanol–water partition coefficient (Wildman–Crippen LogP) is 4.39. The van der Waals surface area contributed by atoms with E-state index in [0.717, 1.165) is 6.07 Å². The number of aliphatic hydroxyl groups excluding tert-OH is 1. The van der Waals surface area contributed by atoms with Gasteiger partial charge in [-0.2, -0.15) is 18.2 Å². The molecule has 1 heterocycles. The first-order valence-corrected chi connectivity index (χ1v) is 8.69. The van der Waals surface area contributed by atoms with E-state index in [9.17, 15) is 18.3 Å². The molecule has 3 N–H and O–H groups in total. The van der Waals surface area contributed by atoms with Gasteiger partial charge in [-0.15, -0.1) is 0 Å². The van der Waals surface area contributed by atoms with E-state index in [4.69, 9.17) is 4.74 Å². The third-order valence-corrected chi connectivity index (χ3v) is 4.11. The van der Waals surface area contributed by atoms with Crippen molar-refractivity contribution in [1.29, 1.82) is 0 Å². The van der Waals surface area contributed by atoms with Crippen molar-refractivity contribution in [2.24, 2.45) is 0 Å². The van der Waals surface area contributed by atoms with Gasteiger partial charge in [0.15, 0.2) is 0 Å². The normalized spacial score (nSPS) is 12.3. The van der Waals surface area contributed by atoms with E-state index in [0.29, 0.717) is 17.3 Å². The van der Waals surface area contributed by atoms with Crippen LogP contribution in [0.3, 0.4) is 0 Å². The van der Waals surface area contributed by atoms with Gasteiger partial charge in [0.25, 0.3) is 0 Å². The van der Waals surface area contributed by atoms with E-state index < -0.39 is 17.8 Å². The molecule has 0 saturated carbocycles. The van der Waals surface area contributed by atoms with Crippen LogP contribution in [0, 0.1) is 0 Å². The number of aromatic nitrogens is 2. The van der Waals surface area contributed by atoms with Gasteiger partial charge in [-0.25, -0.2) is 4.98 Å². The molecule has 3 rings (SSSR count). The lowest BCUT2D eigenvalue weighted by atomic mass is 10.0. The van der Waals surface area contributed by atoms with Crippen LogP contribution in [0.1, 0.15) is 17.2 Å². The number of nitrogens with zero attached hydrogens (tertiary/aromatic N) is 2. The van der Waals surface area contributed by atoms with Gasteiger partial charge in [0, 0.05) is 12.7 Å². The van der Waals surface area contributed by atoms with Gasteiger partial charge < -0.3 is 20.5 Å². The van der Waals surface area contributed by atoms with Crippen LogP contribution >= 0.6 is 0 Å². The van der Waals surface area contributed by atoms with E-state index in [1.807, 2.05) is 12.1 Å². The smallest absolute Gasteiger partial charge is 0.416 e. The molecule has 152 valence electrons. The zero-order valence-corrected chi connectivity index (χ0v) is 15.4. The van der Waals surface area contributed by atoms with Crippen molar-refractivity contribution >= 4 is 17.5 Å². The third kappa shape index (κ3) is 5.14. The number of alkyl halides is 3. The average Bonchev–Trinajstić information content (AvgIpc) is 2.72. The van der Waals surface area contributed by atoms with E-state index in [-0.39, 0.29) is 18.1 Å². The maximum Gasteiger partial charge on any atom is 0.416 e. The highest BCUT2D eigenvalue weighted by Gasteiger charge is 2.34. The lowest BCUT2D eigenvalue weighted by Crippen LogP contribution is -2.18. The summed E-state index contributed by atoms with van der Waals surface area (Å²) < 4.78 is 44.6. The Morgan fingerprint density at radius 1 is 1.07 bits per heavy atom. The second-order valence-corrected chi connectivity index (χ2v) is 6.07. The molecule has 0 aliphatic heterocycles. The number of hydrogen-bond acceptors (Lipinski definition) is 6. The number of hydrogen-bond donors (Lipinski definition) is 3. The van der Waals surface area contributed by atoms with Gasteiger partial charge in [-0.1, -0.05) is 30.3 Å². The van der Waals surface area contributed by atoms with Crippen LogP contribution in [-0.4, -0.2) is 28.7 Å². The van der Waals surface area contributed by atoms with E-state index in [1.165, 1.54) is 24.4 Å². The van der Waals surface area contributed by atoms with Crippen molar-refractivity contribution in [3.05, 3.63) is 71.9 Å². The molecule has 9 heteroatoms. The molecular formula is C20H19F3N4O2. The van der Waals surface area contributed by atoms with Crippen LogP contribution in [-0.2, 0) is 6.18 Å². The molecule has 0 saturated heterocycles. The first-order valence-electron chi connectivity index (χ1n) is 8.69. The number of methoxy groups -OCH3 is 1. The minimum atomic E-state index is -4.54. The highest BCUT2D eigenvalue weighted by atomic mass is 19.4. The summed E-state index contributed by atoms with van der Waals surface area (Å²) in [6.45, 7) is -0.155. The number of halogens is 3. The number of ether oxygens (including phenoxy) is 1. The lowest BCUT2D eigenvalue weighted by molar-refractivity contribution is -0.139. The van der Waals surface area contributed by atoms with Crippen LogP contribution in [0.2, 0.25) is 0 Å². The highest BCUT2D eigenvalue weighted by Crippen LogP contribution is 2.34. The Kier molecular flexibility index (Phi) is 6.18. The van der Waals surface area contributed by atoms with E-state index in [1.54, 1.807) is 25.3 Å². The summed E-state index contributed by atoms with van der Waals surface area (Å²) in [6.07, 6.45) is -4.42. The molecule has 1 atom stereocenters. The number of benzene rings is 2. The maximum atomic E-state index is 13.1. The van der Waals surface area contributed by atoms with Crippen molar-refractivity contribution in [2.45, 2.75) is 12.3 Å². The Balaban J connectivity index is 1.70. The van der Waals surface area contributed by atoms with Crippen molar-refractivity contribution < 1.29 is 23.0 Å². The van der Waals surface area contributed by atoms with Crippen LogP contribution in [0.4, 0.5) is 30.6 Å². The lowest BCUT2D eigenvalue weighted by Gasteiger charge is -2.18. The Morgan fingerprint density at radius 2 is 1.79 bits per heavy atom. The van der Waals surface area contributed by atoms with Crippen LogP contribution < -0.4 is 15.4 Å². The Morgan fingerprint density at radius 3 is 2.55 bits per heavy atom. The van der Waals surface area contributed by atoms with Crippen molar-refractivity contribution in [1.82, 2.24) is 9.97 Å². The topological polar surface area (TPSA) is 79.3 Å². The summed E-state index contributed by atoms with van der Waals surface area (Å²) >= 11 is 0. The fourth-order valence-electron chi connectivity index (χ4n) is 2.74. The van der Waals surface area contributed by atoms with Gasteiger partial charge in [-0.05, 0) is 29.8 Å². The number of aliphatic hydroxyl groups is 1. The van der Waals surface area contributed by atoms with Gasteiger partial charge in [-0.3, -0.25) is 0 Å². The van der Waals surface area contributed by atoms with Crippen molar-refractivity contribution in [3.8, 4) is 5.75 Å². The number of rotatable bonds is 7. The summed E-state index contributed by atoms with van der Waals surface area (Å²) in [7, 11) is 1.54. The average molecular weight is 404 g/mol. The third-order valence-electron chi connectivity index (χ3n) is 4.11. The zero-order valence-electron chi connectivity index (χ0n) is 15.4. The Bertz CT molecular complexity index is 966. The standard InChI is InChI=1S/C20H19F3N4O2/c1-29-17-9-5-4-8-15(17)26-19-24-11-10-18(27-19)25-12-16(28)13-6-2-3-7-14(13)20(21,22)23/h2-11,16,28H,12H2,1H3,(H2,24,25,26,27). The summed E-state index contributed by atoms with van der Waals surface area (Å²) in [4.78, 5) is 8.37. The number of anilines is 3. The number of nitrogens with one attached hydrogen (secondary N) is 2. The first kappa shape index (κ1) is 20.4. The summed E-state index contributed by atoms with van der Waals surface area (Å²) in [5.74, 6) is 1.22. The molecule has 0 amide bonds. The number of para-hydroxylation sites is 2. The van der Waals surface area contributed by atoms with E-state index >= 15 is 0 Å². The molecular weight excluding hydrogens is 385 g/mol. The Hall–Kier alpha value is -3.33. The van der Waals surface area contributed by atoms with Crippen LogP contribution in [0.5, 0.6) is 5.75 Å². The molecule has 0 bridgehead atoms. The molecule has 0 radical (unpaired) electrons. The second kappa shape index (κ2) is 8.78. The SMILES string of the molecule is COc1ccccc1Nc1nccc(NCC(O)c2ccccc2C(F)(F)F)n1. The molecule has 6 nitrogen and oxygen atoms in total. The first-order chi connectivity index (χ1) is 13.9. The molecule has 1 unspecified atom stereocenters. The second-order valence-electron chi connectivity index (χ2n) is 6.07. The minimum absolute atomic E-state index is 0.155. The molecule has 29 heavy (non-hydrogen) atoms. The Labute approximate surface area is 165 Å². The van der Waals surface area contributed by atoms with Gasteiger partial charge in [0.2, 0.25) is 5.95 Å². The monoisotopic (exact) mass is 404 g/mol. The highest BCUT2D eigenvalue weighted by molar-refractivity contribution is 5.62. The van der Waals surface area contributed by atoms with Crippen LogP contribution in [0.15, 0.2) is 60.8 Å². The molecule has 0 aliphatic rings. The van der Waals surface area contributed by atoms with Gasteiger partial charge in [0.05, 0.1) is 24.5 Å². The van der Waals surface area contributed by atoms with Crippen LogP contribution in [0.25, 0.3) is 0 Å². The molecule has 1 aromatic heterocycles. The molecule has 0 fully saturated rings. The fourth-order valence-corrected chi connectivity index (χ4v) is 2.74. The van der Waals surface area contributed by atoms with Crippen molar-refractivity contribution in [3.63, 3.8) is 0 Å². The van der Waals surface area contributed by atoms with Gasteiger partial charge in [0.1, 0.15) is 11.6 Å². The molecule has 0 spiro atoms.